The highest BCUT2D eigenvalue weighted by atomic mass is 35.7. The number of hydrogen-bond acceptors (Lipinski definition) is 2. The van der Waals surface area contributed by atoms with Crippen molar-refractivity contribution < 1.29 is 9.09 Å². The minimum Gasteiger partial charge on any atom is -0.318 e. The van der Waals surface area contributed by atoms with Crippen LogP contribution in [0, 0.1) is 0 Å². The first-order chi connectivity index (χ1) is 10.1. The molecular weight excluding hydrogens is 303 g/mol. The smallest absolute Gasteiger partial charge is 0.293 e. The molecule has 4 heteroatoms. The Hall–Kier alpha value is 0.220. The minimum absolute atomic E-state index is 0.0165. The summed E-state index contributed by atoms with van der Waals surface area (Å²) in [6, 6.07) is 0. The summed E-state index contributed by atoms with van der Waals surface area (Å²) in [4.78, 5) is 0. The van der Waals surface area contributed by atoms with E-state index in [1.807, 2.05) is 13.0 Å². The molecule has 0 amide bonds. The third-order valence-electron chi connectivity index (χ3n) is 3.84. The fourth-order valence-electron chi connectivity index (χ4n) is 2.56. The SMILES string of the molecule is C=CCC[C@H](CCCCCCCCCC)[P@](=O)(Cl)OCC. The van der Waals surface area contributed by atoms with Crippen LogP contribution in [0.5, 0.6) is 0 Å². The Bertz CT molecular complexity index is 295. The second-order valence-electron chi connectivity index (χ2n) is 5.72. The van der Waals surface area contributed by atoms with Gasteiger partial charge in [0.2, 0.25) is 0 Å². The van der Waals surface area contributed by atoms with E-state index in [1.165, 1.54) is 44.9 Å². The predicted octanol–water partition coefficient (Wildman–Crippen LogP) is 7.32. The van der Waals surface area contributed by atoms with Crippen LogP contribution in [0.15, 0.2) is 12.7 Å². The lowest BCUT2D eigenvalue weighted by molar-refractivity contribution is 0.333. The van der Waals surface area contributed by atoms with Crippen LogP contribution in [0.1, 0.15) is 84.5 Å². The molecule has 0 fully saturated rings. The van der Waals surface area contributed by atoms with E-state index in [0.717, 1.165) is 25.7 Å². The Morgan fingerprint density at radius 3 is 2.14 bits per heavy atom. The quantitative estimate of drug-likeness (QED) is 0.178. The van der Waals surface area contributed by atoms with Gasteiger partial charge in [0.05, 0.1) is 12.3 Å². The normalized spacial score (nSPS) is 15.6. The van der Waals surface area contributed by atoms with Gasteiger partial charge in [0.15, 0.2) is 0 Å². The largest absolute Gasteiger partial charge is 0.318 e. The number of hydrogen-bond donors (Lipinski definition) is 0. The van der Waals surface area contributed by atoms with Crippen LogP contribution in [-0.2, 0) is 9.09 Å². The second-order valence-corrected chi connectivity index (χ2v) is 9.17. The molecule has 0 unspecified atom stereocenters. The van der Waals surface area contributed by atoms with Crippen LogP contribution in [0.4, 0.5) is 0 Å². The third-order valence-corrected chi connectivity index (χ3v) is 6.96. The summed E-state index contributed by atoms with van der Waals surface area (Å²) in [5, 5.41) is 0. The molecule has 0 radical (unpaired) electrons. The molecule has 0 aromatic rings. The first-order valence-corrected chi connectivity index (χ1v) is 11.2. The van der Waals surface area contributed by atoms with Crippen LogP contribution >= 0.6 is 18.0 Å². The topological polar surface area (TPSA) is 26.3 Å². The van der Waals surface area contributed by atoms with Crippen LogP contribution in [0.2, 0.25) is 0 Å². The zero-order valence-electron chi connectivity index (χ0n) is 14.0. The number of halogens is 1. The van der Waals surface area contributed by atoms with Crippen molar-refractivity contribution in [1.82, 2.24) is 0 Å². The fourth-order valence-corrected chi connectivity index (χ4v) is 4.95. The highest BCUT2D eigenvalue weighted by molar-refractivity contribution is 7.85. The lowest BCUT2D eigenvalue weighted by Gasteiger charge is -2.21. The highest BCUT2D eigenvalue weighted by Gasteiger charge is 2.30. The van der Waals surface area contributed by atoms with Crippen molar-refractivity contribution >= 4 is 18.0 Å². The van der Waals surface area contributed by atoms with E-state index in [-0.39, 0.29) is 5.66 Å². The molecule has 0 aromatic heterocycles. The first kappa shape index (κ1) is 21.2. The molecule has 0 N–H and O–H groups in total. The Kier molecular flexibility index (Phi) is 14.0. The van der Waals surface area contributed by atoms with Crippen molar-refractivity contribution in [2.24, 2.45) is 0 Å². The highest BCUT2D eigenvalue weighted by Crippen LogP contribution is 2.59. The molecule has 0 heterocycles. The molecule has 0 aliphatic carbocycles. The summed E-state index contributed by atoms with van der Waals surface area (Å²) in [6.07, 6.45) is 14.7. The molecule has 0 rings (SSSR count). The van der Waals surface area contributed by atoms with Gasteiger partial charge in [-0.05, 0) is 37.4 Å². The van der Waals surface area contributed by atoms with Gasteiger partial charge in [0.1, 0.15) is 0 Å². The molecule has 126 valence electrons. The van der Waals surface area contributed by atoms with Gasteiger partial charge >= 0.3 is 0 Å². The van der Waals surface area contributed by atoms with Gasteiger partial charge in [-0.25, -0.2) is 0 Å². The zero-order valence-corrected chi connectivity index (χ0v) is 15.6. The monoisotopic (exact) mass is 336 g/mol. The maximum Gasteiger partial charge on any atom is 0.293 e. The Morgan fingerprint density at radius 2 is 1.62 bits per heavy atom. The van der Waals surface area contributed by atoms with Crippen molar-refractivity contribution in [3.63, 3.8) is 0 Å². The van der Waals surface area contributed by atoms with E-state index < -0.39 is 6.72 Å². The van der Waals surface area contributed by atoms with Crippen LogP contribution < -0.4 is 0 Å². The average molecular weight is 337 g/mol. The van der Waals surface area contributed by atoms with Gasteiger partial charge in [-0.15, -0.1) is 6.58 Å². The Labute approximate surface area is 136 Å². The number of unbranched alkanes of at least 4 members (excludes halogenated alkanes) is 7. The van der Waals surface area contributed by atoms with Crippen molar-refractivity contribution in [3.05, 3.63) is 12.7 Å². The van der Waals surface area contributed by atoms with Gasteiger partial charge in [0, 0.05) is 0 Å². The standard InChI is InChI=1S/C17H34ClO2P/c1-4-7-9-10-11-12-13-14-16-17(15-8-5-2)21(18,19)20-6-3/h5,17H,2,4,6-16H2,1,3H3/t17-,21-/m1/s1. The summed E-state index contributed by atoms with van der Waals surface area (Å²) in [5.41, 5.74) is -0.0165. The van der Waals surface area contributed by atoms with Gasteiger partial charge in [-0.3, -0.25) is 4.57 Å². The van der Waals surface area contributed by atoms with Crippen molar-refractivity contribution in [2.75, 3.05) is 6.61 Å². The lowest BCUT2D eigenvalue weighted by Crippen LogP contribution is -2.08. The van der Waals surface area contributed by atoms with E-state index >= 15 is 0 Å². The summed E-state index contributed by atoms with van der Waals surface area (Å²) >= 11 is 6.13. The van der Waals surface area contributed by atoms with Gasteiger partial charge in [-0.2, -0.15) is 0 Å². The average Bonchev–Trinajstić information content (AvgIpc) is 2.44. The predicted molar refractivity (Wildman–Crippen MR) is 95.5 cm³/mol. The van der Waals surface area contributed by atoms with Gasteiger partial charge in [0.25, 0.3) is 6.72 Å². The van der Waals surface area contributed by atoms with E-state index in [9.17, 15) is 4.57 Å². The molecule has 0 aromatic carbocycles. The van der Waals surface area contributed by atoms with E-state index in [0.29, 0.717) is 6.61 Å². The van der Waals surface area contributed by atoms with Crippen molar-refractivity contribution in [3.8, 4) is 0 Å². The zero-order chi connectivity index (χ0) is 16.0. The van der Waals surface area contributed by atoms with Crippen LogP contribution in [-0.4, -0.2) is 12.3 Å². The minimum atomic E-state index is -2.98. The molecule has 2 atom stereocenters. The Morgan fingerprint density at radius 1 is 1.05 bits per heavy atom. The first-order valence-electron chi connectivity index (χ1n) is 8.63. The maximum atomic E-state index is 12.4. The molecule has 0 spiro atoms. The van der Waals surface area contributed by atoms with E-state index in [2.05, 4.69) is 13.5 Å². The molecule has 0 saturated carbocycles. The second kappa shape index (κ2) is 13.9. The summed E-state index contributed by atoms with van der Waals surface area (Å²) in [5.74, 6) is 0. The summed E-state index contributed by atoms with van der Waals surface area (Å²) in [7, 11) is 0. The van der Waals surface area contributed by atoms with E-state index in [4.69, 9.17) is 15.8 Å². The van der Waals surface area contributed by atoms with Gasteiger partial charge < -0.3 is 4.52 Å². The fraction of sp³-hybridized carbons (Fsp3) is 0.882. The molecule has 0 saturated heterocycles. The summed E-state index contributed by atoms with van der Waals surface area (Å²) in [6.45, 7) is 5.26. The van der Waals surface area contributed by atoms with Crippen molar-refractivity contribution in [1.29, 1.82) is 0 Å². The van der Waals surface area contributed by atoms with E-state index in [1.54, 1.807) is 0 Å². The van der Waals surface area contributed by atoms with Crippen LogP contribution in [0.3, 0.4) is 0 Å². The lowest BCUT2D eigenvalue weighted by atomic mass is 10.0. The molecule has 0 bridgehead atoms. The molecule has 2 nitrogen and oxygen atoms in total. The van der Waals surface area contributed by atoms with Crippen LogP contribution in [0.25, 0.3) is 0 Å². The summed E-state index contributed by atoms with van der Waals surface area (Å²) < 4.78 is 17.7. The molecule has 21 heavy (non-hydrogen) atoms. The number of allylic oxidation sites excluding steroid dienone is 1. The third kappa shape index (κ3) is 11.4. The van der Waals surface area contributed by atoms with Gasteiger partial charge in [-0.1, -0.05) is 64.4 Å². The molecular formula is C17H34ClO2P. The molecule has 0 aliphatic rings. The maximum absolute atomic E-state index is 12.4. The van der Waals surface area contributed by atoms with Crippen molar-refractivity contribution in [2.45, 2.75) is 90.1 Å². The number of rotatable bonds is 15. The molecule has 0 aliphatic heterocycles. The Balaban J connectivity index is 3.91.